The number of benzene rings is 1. The third-order valence-electron chi connectivity index (χ3n) is 4.24. The molecular weight excluding hydrogens is 306 g/mol. The van der Waals surface area contributed by atoms with Crippen LogP contribution in [0.2, 0.25) is 0 Å². The Hall–Kier alpha value is -2.67. The molecule has 1 aromatic heterocycles. The van der Waals surface area contributed by atoms with E-state index in [1.165, 1.54) is 0 Å². The number of nitrogens with one attached hydrogen (secondary N) is 2. The number of primary amides is 1. The smallest absolute Gasteiger partial charge is 0.290 e. The lowest BCUT2D eigenvalue weighted by atomic mass is 10.0. The lowest BCUT2D eigenvalue weighted by molar-refractivity contribution is 0.100. The third-order valence-corrected chi connectivity index (χ3v) is 4.24. The van der Waals surface area contributed by atoms with Crippen molar-refractivity contribution in [2.24, 2.45) is 5.73 Å². The minimum Gasteiger partial charge on any atom is -0.366 e. The highest BCUT2D eigenvalue weighted by molar-refractivity contribution is 5.92. The van der Waals surface area contributed by atoms with Crippen LogP contribution in [0, 0.1) is 0 Å². The van der Waals surface area contributed by atoms with Crippen LogP contribution in [0.3, 0.4) is 0 Å². The first-order valence-corrected chi connectivity index (χ1v) is 8.04. The number of hydrogen-bond acceptors (Lipinski definition) is 5. The summed E-state index contributed by atoms with van der Waals surface area (Å²) in [7, 11) is 0. The fourth-order valence-electron chi connectivity index (χ4n) is 2.95. The molecule has 126 valence electrons. The zero-order valence-electron chi connectivity index (χ0n) is 13.4. The van der Waals surface area contributed by atoms with Crippen LogP contribution in [0.1, 0.15) is 28.8 Å². The predicted molar refractivity (Wildman–Crippen MR) is 91.9 cm³/mol. The van der Waals surface area contributed by atoms with Crippen LogP contribution in [0.5, 0.6) is 0 Å². The van der Waals surface area contributed by atoms with Crippen molar-refractivity contribution in [3.63, 3.8) is 0 Å². The summed E-state index contributed by atoms with van der Waals surface area (Å²) in [6.07, 6.45) is 5.21. The number of piperidine rings is 1. The molecule has 0 bridgehead atoms. The number of aromatic nitrogens is 2. The van der Waals surface area contributed by atoms with Gasteiger partial charge in [0.25, 0.3) is 5.56 Å². The molecule has 24 heavy (non-hydrogen) atoms. The van der Waals surface area contributed by atoms with Crippen LogP contribution in [0.25, 0.3) is 0 Å². The molecule has 7 heteroatoms. The van der Waals surface area contributed by atoms with E-state index in [0.29, 0.717) is 17.9 Å². The Morgan fingerprint density at radius 3 is 2.88 bits per heavy atom. The SMILES string of the molecule is NC(=O)c1ccc(CN[C@@H]2CCCN(c3ncc[nH]c3=O)C2)cc1. The fraction of sp³-hybridized carbons (Fsp3) is 0.353. The first kappa shape index (κ1) is 16.2. The summed E-state index contributed by atoms with van der Waals surface area (Å²) < 4.78 is 0. The summed E-state index contributed by atoms with van der Waals surface area (Å²) in [6, 6.07) is 7.56. The summed E-state index contributed by atoms with van der Waals surface area (Å²) in [5, 5.41) is 3.51. The van der Waals surface area contributed by atoms with Crippen molar-refractivity contribution in [3.8, 4) is 0 Å². The van der Waals surface area contributed by atoms with Crippen LogP contribution in [0.4, 0.5) is 5.82 Å². The van der Waals surface area contributed by atoms with E-state index in [4.69, 9.17) is 5.73 Å². The fourth-order valence-corrected chi connectivity index (χ4v) is 2.95. The first-order valence-electron chi connectivity index (χ1n) is 8.04. The molecule has 7 nitrogen and oxygen atoms in total. The van der Waals surface area contributed by atoms with Crippen molar-refractivity contribution >= 4 is 11.7 Å². The van der Waals surface area contributed by atoms with Crippen LogP contribution in [0.15, 0.2) is 41.5 Å². The Balaban J connectivity index is 1.58. The van der Waals surface area contributed by atoms with Gasteiger partial charge >= 0.3 is 0 Å². The molecule has 1 saturated heterocycles. The van der Waals surface area contributed by atoms with Crippen LogP contribution in [-0.2, 0) is 6.54 Å². The van der Waals surface area contributed by atoms with Gasteiger partial charge in [0.2, 0.25) is 5.91 Å². The highest BCUT2D eigenvalue weighted by atomic mass is 16.1. The second kappa shape index (κ2) is 7.27. The summed E-state index contributed by atoms with van der Waals surface area (Å²) in [5.41, 5.74) is 6.69. The van der Waals surface area contributed by atoms with Gasteiger partial charge in [-0.15, -0.1) is 0 Å². The molecule has 1 atom stereocenters. The molecule has 1 fully saturated rings. The molecule has 0 saturated carbocycles. The molecule has 0 unspecified atom stereocenters. The van der Waals surface area contributed by atoms with Gasteiger partial charge in [0.05, 0.1) is 0 Å². The molecule has 1 amide bonds. The topological polar surface area (TPSA) is 104 Å². The second-order valence-electron chi connectivity index (χ2n) is 5.97. The quantitative estimate of drug-likeness (QED) is 0.747. The average molecular weight is 327 g/mol. The Morgan fingerprint density at radius 1 is 1.38 bits per heavy atom. The highest BCUT2D eigenvalue weighted by Gasteiger charge is 2.22. The number of carbonyl (C=O) groups excluding carboxylic acids is 1. The standard InChI is InChI=1S/C17H21N5O2/c18-15(23)13-5-3-12(4-6-13)10-21-14-2-1-9-22(11-14)16-17(24)20-8-7-19-16/h3-8,14,21H,1-2,9-11H2,(H2,18,23)(H,20,24)/t14-/m1/s1. The van der Waals surface area contributed by atoms with Crippen molar-refractivity contribution in [2.75, 3.05) is 18.0 Å². The molecule has 1 aliphatic rings. The van der Waals surface area contributed by atoms with E-state index in [1.54, 1.807) is 24.5 Å². The number of nitrogens with two attached hydrogens (primary N) is 1. The zero-order chi connectivity index (χ0) is 16.9. The van der Waals surface area contributed by atoms with Gasteiger partial charge in [0, 0.05) is 43.6 Å². The van der Waals surface area contributed by atoms with Crippen molar-refractivity contribution in [3.05, 3.63) is 58.1 Å². The average Bonchev–Trinajstić information content (AvgIpc) is 2.61. The van der Waals surface area contributed by atoms with Crippen LogP contribution in [-0.4, -0.2) is 35.0 Å². The maximum Gasteiger partial charge on any atom is 0.290 e. The van der Waals surface area contributed by atoms with E-state index in [1.807, 2.05) is 17.0 Å². The second-order valence-corrected chi connectivity index (χ2v) is 5.97. The molecule has 3 rings (SSSR count). The van der Waals surface area contributed by atoms with Crippen molar-refractivity contribution < 1.29 is 4.79 Å². The molecule has 0 radical (unpaired) electrons. The van der Waals surface area contributed by atoms with E-state index in [-0.39, 0.29) is 11.6 Å². The van der Waals surface area contributed by atoms with Gasteiger partial charge in [-0.05, 0) is 30.5 Å². The summed E-state index contributed by atoms with van der Waals surface area (Å²) in [6.45, 7) is 2.29. The molecule has 0 spiro atoms. The zero-order valence-corrected chi connectivity index (χ0v) is 13.4. The third kappa shape index (κ3) is 3.80. The number of rotatable bonds is 5. The molecule has 4 N–H and O–H groups in total. The Kier molecular flexibility index (Phi) is 4.90. The van der Waals surface area contributed by atoms with Crippen molar-refractivity contribution in [1.82, 2.24) is 15.3 Å². The van der Waals surface area contributed by atoms with E-state index in [0.717, 1.165) is 31.5 Å². The van der Waals surface area contributed by atoms with Crippen LogP contribution < -0.4 is 21.5 Å². The molecule has 1 aliphatic heterocycles. The molecular formula is C17H21N5O2. The van der Waals surface area contributed by atoms with E-state index in [2.05, 4.69) is 15.3 Å². The lowest BCUT2D eigenvalue weighted by Gasteiger charge is -2.33. The van der Waals surface area contributed by atoms with Gasteiger partial charge in [-0.25, -0.2) is 4.98 Å². The Morgan fingerprint density at radius 2 is 2.17 bits per heavy atom. The first-order chi connectivity index (χ1) is 11.6. The Bertz CT molecular complexity index is 756. The number of hydrogen-bond donors (Lipinski definition) is 3. The predicted octanol–water partition coefficient (Wildman–Crippen LogP) is 0.627. The largest absolute Gasteiger partial charge is 0.366 e. The van der Waals surface area contributed by atoms with Gasteiger partial charge in [-0.1, -0.05) is 12.1 Å². The molecule has 2 aromatic rings. The number of H-pyrrole nitrogens is 1. The van der Waals surface area contributed by atoms with E-state index >= 15 is 0 Å². The normalized spacial score (nSPS) is 17.7. The van der Waals surface area contributed by atoms with E-state index in [9.17, 15) is 9.59 Å². The molecule has 0 aliphatic carbocycles. The molecule has 1 aromatic carbocycles. The Labute approximate surface area is 139 Å². The molecule has 2 heterocycles. The number of nitrogens with zero attached hydrogens (tertiary/aromatic N) is 2. The monoisotopic (exact) mass is 327 g/mol. The minimum atomic E-state index is -0.419. The highest BCUT2D eigenvalue weighted by Crippen LogP contribution is 2.15. The summed E-state index contributed by atoms with van der Waals surface area (Å²) in [5.74, 6) is 0.0628. The lowest BCUT2D eigenvalue weighted by Crippen LogP contribution is -2.47. The van der Waals surface area contributed by atoms with Gasteiger partial charge in [0.15, 0.2) is 5.82 Å². The van der Waals surface area contributed by atoms with Crippen LogP contribution >= 0.6 is 0 Å². The maximum atomic E-state index is 11.9. The summed E-state index contributed by atoms with van der Waals surface area (Å²) >= 11 is 0. The van der Waals surface area contributed by atoms with Crippen molar-refractivity contribution in [1.29, 1.82) is 0 Å². The number of aromatic amines is 1. The number of anilines is 1. The minimum absolute atomic E-state index is 0.153. The maximum absolute atomic E-state index is 11.9. The van der Waals surface area contributed by atoms with Gasteiger partial charge < -0.3 is 20.9 Å². The van der Waals surface area contributed by atoms with Crippen molar-refractivity contribution in [2.45, 2.75) is 25.4 Å². The van der Waals surface area contributed by atoms with Gasteiger partial charge in [0.1, 0.15) is 0 Å². The van der Waals surface area contributed by atoms with E-state index < -0.39 is 5.91 Å². The number of carbonyl (C=O) groups is 1. The number of amides is 1. The van der Waals surface area contributed by atoms with Gasteiger partial charge in [-0.3, -0.25) is 9.59 Å². The van der Waals surface area contributed by atoms with Gasteiger partial charge in [-0.2, -0.15) is 0 Å². The summed E-state index contributed by atoms with van der Waals surface area (Å²) in [4.78, 5) is 31.8.